The van der Waals surface area contributed by atoms with Crippen LogP contribution in [0.5, 0.6) is 0 Å². The smallest absolute Gasteiger partial charge is 0.122 e. The molecule has 0 amide bonds. The summed E-state index contributed by atoms with van der Waals surface area (Å²) in [6, 6.07) is 1.20. The summed E-state index contributed by atoms with van der Waals surface area (Å²) in [4.78, 5) is 8.06. The number of hydrogen-bond donors (Lipinski definition) is 0. The first-order valence-corrected chi connectivity index (χ1v) is 18.0. The van der Waals surface area contributed by atoms with Crippen LogP contribution in [0, 0.1) is 11.8 Å². The summed E-state index contributed by atoms with van der Waals surface area (Å²) in [6.45, 7) is 19.7. The standard InChI is InChI=1S/C35H63N3O3/c1-6-38-19-13-29(24-35(38)16-7-8-22-39-35)31-11-10-15-34(41-31)23-30(25-37(26-34)28(4)5)32-12-9-14-33(40-32)17-20-36(21-18-33)27(2)3/h27-32H,6-26H2,1-5H3. The van der Waals surface area contributed by atoms with Gasteiger partial charge in [-0.1, -0.05) is 6.92 Å². The second-order valence-electron chi connectivity index (χ2n) is 15.7. The van der Waals surface area contributed by atoms with Crippen LogP contribution in [0.25, 0.3) is 0 Å². The quantitative estimate of drug-likeness (QED) is 0.376. The van der Waals surface area contributed by atoms with Crippen LogP contribution in [-0.2, 0) is 14.2 Å². The maximum atomic E-state index is 7.46. The van der Waals surface area contributed by atoms with Gasteiger partial charge in [0.1, 0.15) is 5.72 Å². The Morgan fingerprint density at radius 3 is 2.02 bits per heavy atom. The number of rotatable bonds is 5. The Balaban J connectivity index is 1.15. The van der Waals surface area contributed by atoms with E-state index in [9.17, 15) is 0 Å². The van der Waals surface area contributed by atoms with Crippen LogP contribution >= 0.6 is 0 Å². The van der Waals surface area contributed by atoms with E-state index in [1.165, 1.54) is 116 Å². The first-order valence-electron chi connectivity index (χ1n) is 18.0. The van der Waals surface area contributed by atoms with Gasteiger partial charge in [0.05, 0.1) is 23.4 Å². The van der Waals surface area contributed by atoms with Crippen LogP contribution in [0.2, 0.25) is 0 Å². The van der Waals surface area contributed by atoms with Crippen LogP contribution in [0.3, 0.4) is 0 Å². The fourth-order valence-electron chi connectivity index (χ4n) is 10.0. The van der Waals surface area contributed by atoms with Crippen LogP contribution in [-0.4, -0.2) is 102 Å². The maximum absolute atomic E-state index is 7.46. The van der Waals surface area contributed by atoms with Crippen LogP contribution < -0.4 is 0 Å². The van der Waals surface area contributed by atoms with Crippen molar-refractivity contribution in [2.45, 2.75) is 166 Å². The van der Waals surface area contributed by atoms with Gasteiger partial charge in [-0.25, -0.2) is 0 Å². The van der Waals surface area contributed by atoms with Crippen molar-refractivity contribution in [1.82, 2.24) is 14.7 Å². The van der Waals surface area contributed by atoms with Gasteiger partial charge in [0, 0.05) is 57.3 Å². The summed E-state index contributed by atoms with van der Waals surface area (Å²) in [6.07, 6.45) is 18.2. The molecule has 6 saturated heterocycles. The normalized spacial score (nSPS) is 41.6. The summed E-state index contributed by atoms with van der Waals surface area (Å²) in [5.41, 5.74) is 0.0883. The Morgan fingerprint density at radius 2 is 1.37 bits per heavy atom. The molecule has 6 nitrogen and oxygen atoms in total. The molecule has 41 heavy (non-hydrogen) atoms. The van der Waals surface area contributed by atoms with Crippen molar-refractivity contribution >= 4 is 0 Å². The molecule has 0 N–H and O–H groups in total. The number of nitrogens with zero attached hydrogens (tertiary/aromatic N) is 3. The third kappa shape index (κ3) is 6.45. The SMILES string of the molecule is CCN1CCC(C2CCCC3(CC(C4CCCC5(CCN(C(C)C)CC5)O4)CN(C(C)C)C3)O2)CC12CCCCO2. The molecule has 0 aromatic carbocycles. The molecule has 6 heterocycles. The second-order valence-corrected chi connectivity index (χ2v) is 15.7. The lowest BCUT2D eigenvalue weighted by Crippen LogP contribution is -2.62. The highest BCUT2D eigenvalue weighted by molar-refractivity contribution is 5.02. The molecule has 6 rings (SSSR count). The first-order chi connectivity index (χ1) is 19.7. The van der Waals surface area contributed by atoms with Gasteiger partial charge in [-0.15, -0.1) is 0 Å². The van der Waals surface area contributed by atoms with E-state index in [0.717, 1.165) is 19.7 Å². The fraction of sp³-hybridized carbons (Fsp3) is 1.00. The van der Waals surface area contributed by atoms with E-state index in [1.807, 2.05) is 0 Å². The zero-order valence-electron chi connectivity index (χ0n) is 27.4. The molecule has 6 unspecified atom stereocenters. The predicted molar refractivity (Wildman–Crippen MR) is 166 cm³/mol. The van der Waals surface area contributed by atoms with E-state index in [1.54, 1.807) is 0 Å². The minimum Gasteiger partial charge on any atom is -0.371 e. The molecule has 0 aliphatic carbocycles. The van der Waals surface area contributed by atoms with Gasteiger partial charge in [-0.2, -0.15) is 0 Å². The second kappa shape index (κ2) is 12.6. The highest BCUT2D eigenvalue weighted by Crippen LogP contribution is 2.48. The zero-order chi connectivity index (χ0) is 28.7. The van der Waals surface area contributed by atoms with Gasteiger partial charge in [-0.3, -0.25) is 9.80 Å². The van der Waals surface area contributed by atoms with Crippen LogP contribution in [0.4, 0.5) is 0 Å². The molecule has 6 atom stereocenters. The molecule has 0 radical (unpaired) electrons. The van der Waals surface area contributed by atoms with Crippen molar-refractivity contribution in [3.8, 4) is 0 Å². The molecule has 6 fully saturated rings. The Kier molecular flexibility index (Phi) is 9.48. The monoisotopic (exact) mass is 573 g/mol. The van der Waals surface area contributed by atoms with E-state index < -0.39 is 0 Å². The molecule has 6 heteroatoms. The maximum Gasteiger partial charge on any atom is 0.122 e. The molecule has 0 saturated carbocycles. The van der Waals surface area contributed by atoms with E-state index in [4.69, 9.17) is 14.2 Å². The first kappa shape index (κ1) is 30.8. The van der Waals surface area contributed by atoms with Crippen molar-refractivity contribution in [2.24, 2.45) is 11.8 Å². The van der Waals surface area contributed by atoms with Crippen molar-refractivity contribution in [3.05, 3.63) is 0 Å². The Morgan fingerprint density at radius 1 is 0.683 bits per heavy atom. The largest absolute Gasteiger partial charge is 0.371 e. The average Bonchev–Trinajstić information content (AvgIpc) is 2.97. The molecular weight excluding hydrogens is 510 g/mol. The van der Waals surface area contributed by atoms with Gasteiger partial charge in [-0.05, 0) is 130 Å². The summed E-state index contributed by atoms with van der Waals surface area (Å²) in [5.74, 6) is 1.21. The fourth-order valence-corrected chi connectivity index (χ4v) is 10.0. The van der Waals surface area contributed by atoms with Crippen molar-refractivity contribution in [3.63, 3.8) is 0 Å². The van der Waals surface area contributed by atoms with Gasteiger partial charge in [0.25, 0.3) is 0 Å². The van der Waals surface area contributed by atoms with E-state index in [2.05, 4.69) is 49.3 Å². The van der Waals surface area contributed by atoms with Gasteiger partial charge in [0.2, 0.25) is 0 Å². The number of hydrogen-bond acceptors (Lipinski definition) is 6. The Labute approximate surface area is 252 Å². The minimum absolute atomic E-state index is 0.00639. The van der Waals surface area contributed by atoms with E-state index >= 15 is 0 Å². The lowest BCUT2D eigenvalue weighted by molar-refractivity contribution is -0.242. The van der Waals surface area contributed by atoms with E-state index in [0.29, 0.717) is 36.1 Å². The summed E-state index contributed by atoms with van der Waals surface area (Å²) in [5, 5.41) is 0. The van der Waals surface area contributed by atoms with Gasteiger partial charge in [0.15, 0.2) is 0 Å². The average molecular weight is 574 g/mol. The summed E-state index contributed by atoms with van der Waals surface area (Å²) in [7, 11) is 0. The Bertz CT molecular complexity index is 852. The summed E-state index contributed by atoms with van der Waals surface area (Å²) >= 11 is 0. The highest BCUT2D eigenvalue weighted by atomic mass is 16.5. The lowest BCUT2D eigenvalue weighted by atomic mass is 9.72. The van der Waals surface area contributed by atoms with Crippen molar-refractivity contribution in [1.29, 1.82) is 0 Å². The van der Waals surface area contributed by atoms with E-state index in [-0.39, 0.29) is 16.9 Å². The highest BCUT2D eigenvalue weighted by Gasteiger charge is 2.52. The topological polar surface area (TPSA) is 37.4 Å². The van der Waals surface area contributed by atoms with Crippen LogP contribution in [0.1, 0.15) is 125 Å². The third-order valence-electron chi connectivity index (χ3n) is 12.5. The molecule has 236 valence electrons. The summed E-state index contributed by atoms with van der Waals surface area (Å²) < 4.78 is 21.3. The zero-order valence-corrected chi connectivity index (χ0v) is 27.4. The van der Waals surface area contributed by atoms with Crippen molar-refractivity contribution in [2.75, 3.05) is 45.9 Å². The van der Waals surface area contributed by atoms with Gasteiger partial charge >= 0.3 is 0 Å². The molecule has 3 spiro atoms. The third-order valence-corrected chi connectivity index (χ3v) is 12.5. The molecule has 0 bridgehead atoms. The predicted octanol–water partition coefficient (Wildman–Crippen LogP) is 6.47. The van der Waals surface area contributed by atoms with Crippen molar-refractivity contribution < 1.29 is 14.2 Å². The molecular formula is C35H63N3O3. The molecule has 0 aromatic rings. The minimum atomic E-state index is -0.0294. The number of ether oxygens (including phenoxy) is 3. The lowest BCUT2D eigenvalue weighted by Gasteiger charge is -2.57. The molecule has 0 aromatic heterocycles. The number of piperidine rings is 3. The molecule has 6 aliphatic heterocycles. The Hall–Kier alpha value is -0.240. The van der Waals surface area contributed by atoms with Crippen LogP contribution in [0.15, 0.2) is 0 Å². The number of likely N-dealkylation sites (tertiary alicyclic amines) is 3. The van der Waals surface area contributed by atoms with Gasteiger partial charge < -0.3 is 19.1 Å². The molecule has 6 aliphatic rings.